The van der Waals surface area contributed by atoms with E-state index in [9.17, 15) is 14.7 Å². The SMILES string of the molecule is C=C/C=C\C/C(=C\CNC)CN.CCCN1CCCCC(NC(=O)c2cccc(O)c2)C1=O. The van der Waals surface area contributed by atoms with Crippen LogP contribution in [0.15, 0.2) is 60.7 Å². The van der Waals surface area contributed by atoms with Gasteiger partial charge >= 0.3 is 0 Å². The van der Waals surface area contributed by atoms with E-state index >= 15 is 0 Å². The van der Waals surface area contributed by atoms with E-state index in [0.717, 1.165) is 45.3 Å². The Kier molecular flexibility index (Phi) is 14.2. The van der Waals surface area contributed by atoms with Crippen LogP contribution in [0, 0.1) is 0 Å². The zero-order valence-corrected chi connectivity index (χ0v) is 20.1. The van der Waals surface area contributed by atoms with E-state index in [4.69, 9.17) is 5.73 Å². The Hall–Kier alpha value is -2.90. The van der Waals surface area contributed by atoms with E-state index in [1.807, 2.05) is 24.9 Å². The van der Waals surface area contributed by atoms with Crippen LogP contribution in [0.2, 0.25) is 0 Å². The molecule has 1 fully saturated rings. The van der Waals surface area contributed by atoms with E-state index in [-0.39, 0.29) is 17.6 Å². The minimum atomic E-state index is -0.464. The number of nitrogens with zero attached hydrogens (tertiary/aromatic N) is 1. The van der Waals surface area contributed by atoms with Crippen LogP contribution in [0.3, 0.4) is 0 Å². The van der Waals surface area contributed by atoms with E-state index in [1.54, 1.807) is 18.2 Å². The van der Waals surface area contributed by atoms with Gasteiger partial charge < -0.3 is 26.4 Å². The molecule has 1 aliphatic heterocycles. The number of hydrogen-bond donors (Lipinski definition) is 4. The number of hydrogen-bond acceptors (Lipinski definition) is 5. The van der Waals surface area contributed by atoms with Crippen molar-refractivity contribution < 1.29 is 14.7 Å². The van der Waals surface area contributed by atoms with Crippen LogP contribution in [-0.2, 0) is 4.79 Å². The van der Waals surface area contributed by atoms with Gasteiger partial charge in [0.15, 0.2) is 0 Å². The highest BCUT2D eigenvalue weighted by atomic mass is 16.3. The largest absolute Gasteiger partial charge is 0.508 e. The molecule has 33 heavy (non-hydrogen) atoms. The van der Waals surface area contributed by atoms with Gasteiger partial charge in [0.1, 0.15) is 11.8 Å². The minimum absolute atomic E-state index is 0.00264. The van der Waals surface area contributed by atoms with Gasteiger partial charge in [0, 0.05) is 31.7 Å². The first-order valence-electron chi connectivity index (χ1n) is 11.7. The quantitative estimate of drug-likeness (QED) is 0.320. The Morgan fingerprint density at radius 1 is 1.36 bits per heavy atom. The number of benzene rings is 1. The second-order valence-electron chi connectivity index (χ2n) is 7.89. The van der Waals surface area contributed by atoms with Gasteiger partial charge in [0.05, 0.1) is 0 Å². The zero-order chi connectivity index (χ0) is 24.5. The fourth-order valence-electron chi connectivity index (χ4n) is 3.43. The average molecular weight is 457 g/mol. The third-order valence-corrected chi connectivity index (χ3v) is 5.20. The van der Waals surface area contributed by atoms with Crippen LogP contribution in [0.25, 0.3) is 0 Å². The number of likely N-dealkylation sites (N-methyl/N-ethyl adjacent to an activating group) is 1. The van der Waals surface area contributed by atoms with Crippen molar-refractivity contribution in [1.29, 1.82) is 0 Å². The molecule has 182 valence electrons. The summed E-state index contributed by atoms with van der Waals surface area (Å²) in [6.45, 7) is 8.65. The fourth-order valence-corrected chi connectivity index (χ4v) is 3.43. The Bertz CT molecular complexity index is 804. The molecule has 0 saturated carbocycles. The van der Waals surface area contributed by atoms with Crippen molar-refractivity contribution in [1.82, 2.24) is 15.5 Å². The number of rotatable bonds is 10. The molecule has 2 rings (SSSR count). The van der Waals surface area contributed by atoms with Gasteiger partial charge in [-0.2, -0.15) is 0 Å². The first-order chi connectivity index (χ1) is 16.0. The van der Waals surface area contributed by atoms with Crippen molar-refractivity contribution in [3.05, 3.63) is 66.3 Å². The molecule has 1 aromatic rings. The van der Waals surface area contributed by atoms with Gasteiger partial charge in [0.25, 0.3) is 5.91 Å². The van der Waals surface area contributed by atoms with Crippen molar-refractivity contribution in [3.63, 3.8) is 0 Å². The number of phenols is 1. The molecular formula is C26H40N4O3. The van der Waals surface area contributed by atoms with E-state index in [2.05, 4.69) is 29.4 Å². The molecule has 1 unspecified atom stereocenters. The van der Waals surface area contributed by atoms with Crippen LogP contribution in [0.5, 0.6) is 5.75 Å². The molecule has 0 radical (unpaired) electrons. The van der Waals surface area contributed by atoms with Gasteiger partial charge in [-0.3, -0.25) is 9.59 Å². The van der Waals surface area contributed by atoms with E-state index in [0.29, 0.717) is 18.5 Å². The Morgan fingerprint density at radius 2 is 2.15 bits per heavy atom. The average Bonchev–Trinajstić information content (AvgIpc) is 2.98. The molecule has 1 aliphatic rings. The fraction of sp³-hybridized carbons (Fsp3) is 0.462. The second-order valence-corrected chi connectivity index (χ2v) is 7.89. The summed E-state index contributed by atoms with van der Waals surface area (Å²) in [7, 11) is 1.92. The maximum atomic E-state index is 12.4. The molecule has 5 N–H and O–H groups in total. The van der Waals surface area contributed by atoms with Gasteiger partial charge in [-0.05, 0) is 57.4 Å². The maximum absolute atomic E-state index is 12.4. The van der Waals surface area contributed by atoms with Crippen LogP contribution in [-0.4, -0.2) is 61.1 Å². The molecule has 0 spiro atoms. The summed E-state index contributed by atoms with van der Waals surface area (Å²) in [4.78, 5) is 26.5. The molecule has 7 nitrogen and oxygen atoms in total. The molecule has 2 amide bonds. The normalized spacial score (nSPS) is 16.7. The molecular weight excluding hydrogens is 416 g/mol. The number of allylic oxidation sites excluding steroid dienone is 3. The molecule has 1 aromatic carbocycles. The van der Waals surface area contributed by atoms with E-state index in [1.165, 1.54) is 17.7 Å². The first-order valence-corrected chi connectivity index (χ1v) is 11.7. The minimum Gasteiger partial charge on any atom is -0.508 e. The lowest BCUT2D eigenvalue weighted by molar-refractivity contribution is -0.132. The topological polar surface area (TPSA) is 108 Å². The lowest BCUT2D eigenvalue weighted by Crippen LogP contribution is -2.47. The number of carbonyl (C=O) groups excluding carboxylic acids is 2. The molecule has 0 bridgehead atoms. The monoisotopic (exact) mass is 456 g/mol. The smallest absolute Gasteiger partial charge is 0.252 e. The lowest BCUT2D eigenvalue weighted by Gasteiger charge is -2.24. The van der Waals surface area contributed by atoms with Crippen molar-refractivity contribution in [2.45, 2.75) is 45.1 Å². The van der Waals surface area contributed by atoms with Crippen LogP contribution in [0.1, 0.15) is 49.4 Å². The van der Waals surface area contributed by atoms with Gasteiger partial charge in [-0.25, -0.2) is 0 Å². The third kappa shape index (κ3) is 11.0. The molecule has 1 saturated heterocycles. The Morgan fingerprint density at radius 3 is 2.79 bits per heavy atom. The summed E-state index contributed by atoms with van der Waals surface area (Å²) in [6.07, 6.45) is 12.3. The zero-order valence-electron chi connectivity index (χ0n) is 20.1. The predicted octanol–water partition coefficient (Wildman–Crippen LogP) is 3.14. The van der Waals surface area contributed by atoms with Gasteiger partial charge in [0.2, 0.25) is 5.91 Å². The molecule has 1 heterocycles. The highest BCUT2D eigenvalue weighted by molar-refractivity contribution is 5.97. The number of nitrogens with one attached hydrogen (secondary N) is 2. The number of phenolic OH excluding ortho intramolecular Hbond substituents is 1. The Labute approximate surface area is 198 Å². The first kappa shape index (κ1) is 28.1. The summed E-state index contributed by atoms with van der Waals surface area (Å²) >= 11 is 0. The number of likely N-dealkylation sites (tertiary alicyclic amines) is 1. The van der Waals surface area contributed by atoms with Gasteiger partial charge in [-0.15, -0.1) is 0 Å². The molecule has 0 aromatic heterocycles. The molecule has 1 atom stereocenters. The third-order valence-electron chi connectivity index (χ3n) is 5.20. The second kappa shape index (κ2) is 16.7. The molecule has 7 heteroatoms. The summed E-state index contributed by atoms with van der Waals surface area (Å²) in [5.74, 6) is -0.270. The number of nitrogens with two attached hydrogens (primary N) is 1. The number of aromatic hydroxyl groups is 1. The summed E-state index contributed by atoms with van der Waals surface area (Å²) in [5.41, 5.74) is 7.16. The standard InChI is InChI=1S/C16H22N2O3.C10H18N2/c1-2-9-18-10-4-3-8-14(16(18)21)17-15(20)12-6-5-7-13(19)11-12;1-3-4-5-6-10(9-11)7-8-12-2/h5-7,11,14,19H,2-4,8-10H2,1H3,(H,17,20);3-5,7,12H,1,6,8-9,11H2,2H3/b;5-4-,10-7+. The van der Waals surface area contributed by atoms with Gasteiger partial charge in [-0.1, -0.05) is 49.4 Å². The van der Waals surface area contributed by atoms with Crippen molar-refractivity contribution in [2.75, 3.05) is 33.2 Å². The highest BCUT2D eigenvalue weighted by Gasteiger charge is 2.27. The maximum Gasteiger partial charge on any atom is 0.252 e. The summed E-state index contributed by atoms with van der Waals surface area (Å²) < 4.78 is 0. The van der Waals surface area contributed by atoms with Crippen LogP contribution < -0.4 is 16.4 Å². The lowest BCUT2D eigenvalue weighted by atomic mass is 10.1. The summed E-state index contributed by atoms with van der Waals surface area (Å²) in [5, 5.41) is 15.3. The van der Waals surface area contributed by atoms with Crippen LogP contribution >= 0.6 is 0 Å². The summed E-state index contributed by atoms with van der Waals surface area (Å²) in [6, 6.07) is 5.69. The Balaban J connectivity index is 0.000000389. The predicted molar refractivity (Wildman–Crippen MR) is 135 cm³/mol. The molecule has 0 aliphatic carbocycles. The van der Waals surface area contributed by atoms with Crippen molar-refractivity contribution in [2.24, 2.45) is 5.73 Å². The number of amides is 2. The van der Waals surface area contributed by atoms with Crippen LogP contribution in [0.4, 0.5) is 0 Å². The van der Waals surface area contributed by atoms with Crippen molar-refractivity contribution >= 4 is 11.8 Å². The van der Waals surface area contributed by atoms with E-state index < -0.39 is 6.04 Å². The van der Waals surface area contributed by atoms with Crippen molar-refractivity contribution in [3.8, 4) is 5.75 Å². The number of carbonyl (C=O) groups is 2. The highest BCUT2D eigenvalue weighted by Crippen LogP contribution is 2.15.